The van der Waals surface area contributed by atoms with Crippen LogP contribution in [0.15, 0.2) is 24.3 Å². The molecule has 0 aliphatic carbocycles. The number of aromatic nitrogens is 1. The topological polar surface area (TPSA) is 33.1 Å². The summed E-state index contributed by atoms with van der Waals surface area (Å²) in [6, 6.07) is 8.27. The number of rotatable bonds is 3. The molecule has 0 amide bonds. The molecule has 1 atom stereocenters. The first-order valence-corrected chi connectivity index (χ1v) is 6.55. The van der Waals surface area contributed by atoms with Crippen LogP contribution >= 0.6 is 11.3 Å². The minimum atomic E-state index is -0.442. The molecular formula is C14H17NOS. The molecule has 2 rings (SSSR count). The third kappa shape index (κ3) is 2.93. The van der Waals surface area contributed by atoms with Gasteiger partial charge in [-0.3, -0.25) is 0 Å². The Labute approximate surface area is 106 Å². The van der Waals surface area contributed by atoms with Crippen molar-refractivity contribution >= 4 is 11.3 Å². The van der Waals surface area contributed by atoms with E-state index >= 15 is 0 Å². The highest BCUT2D eigenvalue weighted by Crippen LogP contribution is 2.27. The molecule has 0 saturated heterocycles. The molecule has 3 heteroatoms. The number of hydrogen-bond acceptors (Lipinski definition) is 3. The molecule has 0 fully saturated rings. The second-order valence-electron chi connectivity index (χ2n) is 4.39. The maximum Gasteiger partial charge on any atom is 0.0941 e. The number of thiazole rings is 1. The largest absolute Gasteiger partial charge is 0.387 e. The zero-order valence-electron chi connectivity index (χ0n) is 10.4. The molecular weight excluding hydrogens is 230 g/mol. The summed E-state index contributed by atoms with van der Waals surface area (Å²) in [5.41, 5.74) is 3.35. The summed E-state index contributed by atoms with van der Waals surface area (Å²) in [5, 5.41) is 11.2. The smallest absolute Gasteiger partial charge is 0.0941 e. The van der Waals surface area contributed by atoms with Crippen molar-refractivity contribution < 1.29 is 5.11 Å². The maximum atomic E-state index is 10.2. The summed E-state index contributed by atoms with van der Waals surface area (Å²) < 4.78 is 0. The molecule has 17 heavy (non-hydrogen) atoms. The van der Waals surface area contributed by atoms with Gasteiger partial charge in [0.25, 0.3) is 0 Å². The van der Waals surface area contributed by atoms with Gasteiger partial charge in [-0.05, 0) is 26.3 Å². The van der Waals surface area contributed by atoms with Crippen LogP contribution in [0, 0.1) is 20.8 Å². The van der Waals surface area contributed by atoms with Crippen LogP contribution in [-0.4, -0.2) is 10.1 Å². The van der Waals surface area contributed by atoms with Crippen molar-refractivity contribution in [1.29, 1.82) is 0 Å². The second-order valence-corrected chi connectivity index (χ2v) is 5.63. The van der Waals surface area contributed by atoms with Crippen molar-refractivity contribution in [1.82, 2.24) is 4.98 Å². The lowest BCUT2D eigenvalue weighted by Gasteiger charge is -2.09. The van der Waals surface area contributed by atoms with Gasteiger partial charge >= 0.3 is 0 Å². The highest BCUT2D eigenvalue weighted by molar-refractivity contribution is 7.11. The number of aliphatic hydroxyl groups excluding tert-OH is 1. The van der Waals surface area contributed by atoms with Gasteiger partial charge in [0, 0.05) is 6.42 Å². The monoisotopic (exact) mass is 247 g/mol. The van der Waals surface area contributed by atoms with Gasteiger partial charge in [-0.25, -0.2) is 4.98 Å². The molecule has 0 aliphatic rings. The predicted octanol–water partition coefficient (Wildman–Crippen LogP) is 3.34. The third-order valence-corrected chi connectivity index (χ3v) is 3.93. The number of hydrogen-bond donors (Lipinski definition) is 1. The first-order valence-electron chi connectivity index (χ1n) is 5.74. The minimum absolute atomic E-state index is 0.442. The van der Waals surface area contributed by atoms with E-state index in [9.17, 15) is 5.11 Å². The van der Waals surface area contributed by atoms with Gasteiger partial charge in [0.2, 0.25) is 0 Å². The summed E-state index contributed by atoms with van der Waals surface area (Å²) in [6.07, 6.45) is 0.215. The highest BCUT2D eigenvalue weighted by atomic mass is 32.1. The number of aryl methyl sites for hydroxylation is 3. The summed E-state index contributed by atoms with van der Waals surface area (Å²) in [6.45, 7) is 6.00. The molecule has 2 aromatic rings. The fourth-order valence-corrected chi connectivity index (χ4v) is 2.92. The van der Waals surface area contributed by atoms with E-state index in [1.807, 2.05) is 19.9 Å². The number of nitrogens with zero attached hydrogens (tertiary/aromatic N) is 1. The Kier molecular flexibility index (Phi) is 3.60. The molecule has 1 unspecified atom stereocenters. The standard InChI is InChI=1S/C14H17NOS/c1-9-5-4-6-12(7-9)8-13(16)14-10(2)15-11(3)17-14/h4-7,13,16H,8H2,1-3H3. The van der Waals surface area contributed by atoms with E-state index in [2.05, 4.69) is 30.1 Å². The lowest BCUT2D eigenvalue weighted by Crippen LogP contribution is -2.01. The third-order valence-electron chi connectivity index (χ3n) is 2.75. The van der Waals surface area contributed by atoms with Crippen LogP contribution in [0.25, 0.3) is 0 Å². The van der Waals surface area contributed by atoms with Gasteiger partial charge < -0.3 is 5.11 Å². The Hall–Kier alpha value is -1.19. The van der Waals surface area contributed by atoms with Crippen LogP contribution in [0.1, 0.15) is 32.8 Å². The quantitative estimate of drug-likeness (QED) is 0.902. The Morgan fingerprint density at radius 2 is 2.06 bits per heavy atom. The van der Waals surface area contributed by atoms with E-state index in [1.54, 1.807) is 11.3 Å². The Bertz CT molecular complexity index is 519. The van der Waals surface area contributed by atoms with Crippen LogP contribution in [-0.2, 0) is 6.42 Å². The molecule has 0 bridgehead atoms. The van der Waals surface area contributed by atoms with Gasteiger partial charge in [0.1, 0.15) is 0 Å². The molecule has 0 saturated carbocycles. The van der Waals surface area contributed by atoms with Crippen molar-refractivity contribution in [3.8, 4) is 0 Å². The number of benzene rings is 1. The van der Waals surface area contributed by atoms with Gasteiger partial charge in [-0.15, -0.1) is 11.3 Å². The van der Waals surface area contributed by atoms with Gasteiger partial charge in [-0.1, -0.05) is 29.8 Å². The molecule has 1 heterocycles. The fraction of sp³-hybridized carbons (Fsp3) is 0.357. The van der Waals surface area contributed by atoms with Crippen LogP contribution in [0.3, 0.4) is 0 Å². The summed E-state index contributed by atoms with van der Waals surface area (Å²) in [5.74, 6) is 0. The predicted molar refractivity (Wildman–Crippen MR) is 71.4 cm³/mol. The zero-order chi connectivity index (χ0) is 12.4. The Morgan fingerprint density at radius 3 is 2.65 bits per heavy atom. The summed E-state index contributed by atoms with van der Waals surface area (Å²) in [7, 11) is 0. The molecule has 0 aliphatic heterocycles. The fourth-order valence-electron chi connectivity index (χ4n) is 2.01. The van der Waals surface area contributed by atoms with Crippen molar-refractivity contribution in [3.05, 3.63) is 51.0 Å². The Morgan fingerprint density at radius 1 is 1.29 bits per heavy atom. The van der Waals surface area contributed by atoms with Crippen LogP contribution in [0.5, 0.6) is 0 Å². The molecule has 0 radical (unpaired) electrons. The average Bonchev–Trinajstić information content (AvgIpc) is 2.58. The Balaban J connectivity index is 2.16. The van der Waals surface area contributed by atoms with Gasteiger partial charge in [0.05, 0.1) is 21.7 Å². The van der Waals surface area contributed by atoms with E-state index in [0.717, 1.165) is 15.6 Å². The molecule has 1 aromatic heterocycles. The molecule has 1 aromatic carbocycles. The normalized spacial score (nSPS) is 12.7. The summed E-state index contributed by atoms with van der Waals surface area (Å²) >= 11 is 1.58. The van der Waals surface area contributed by atoms with Crippen molar-refractivity contribution in [2.45, 2.75) is 33.3 Å². The molecule has 1 N–H and O–H groups in total. The first kappa shape index (κ1) is 12.3. The van der Waals surface area contributed by atoms with Gasteiger partial charge in [-0.2, -0.15) is 0 Å². The van der Waals surface area contributed by atoms with Crippen LogP contribution in [0.2, 0.25) is 0 Å². The first-order chi connectivity index (χ1) is 8.06. The van der Waals surface area contributed by atoms with Crippen LogP contribution < -0.4 is 0 Å². The maximum absolute atomic E-state index is 10.2. The zero-order valence-corrected chi connectivity index (χ0v) is 11.2. The van der Waals surface area contributed by atoms with E-state index in [0.29, 0.717) is 6.42 Å². The average molecular weight is 247 g/mol. The number of aliphatic hydroxyl groups is 1. The summed E-state index contributed by atoms with van der Waals surface area (Å²) in [4.78, 5) is 5.34. The lowest BCUT2D eigenvalue weighted by molar-refractivity contribution is 0.181. The van der Waals surface area contributed by atoms with E-state index < -0.39 is 6.10 Å². The van der Waals surface area contributed by atoms with Crippen molar-refractivity contribution in [2.24, 2.45) is 0 Å². The molecule has 90 valence electrons. The second kappa shape index (κ2) is 4.98. The van der Waals surface area contributed by atoms with Crippen molar-refractivity contribution in [2.75, 3.05) is 0 Å². The van der Waals surface area contributed by atoms with E-state index in [1.165, 1.54) is 11.1 Å². The highest BCUT2D eigenvalue weighted by Gasteiger charge is 2.15. The lowest BCUT2D eigenvalue weighted by atomic mass is 10.0. The SMILES string of the molecule is Cc1cccc(CC(O)c2sc(C)nc2C)c1. The van der Waals surface area contributed by atoms with Crippen molar-refractivity contribution in [3.63, 3.8) is 0 Å². The van der Waals surface area contributed by atoms with E-state index in [-0.39, 0.29) is 0 Å². The molecule has 2 nitrogen and oxygen atoms in total. The minimum Gasteiger partial charge on any atom is -0.387 e. The van der Waals surface area contributed by atoms with Gasteiger partial charge in [0.15, 0.2) is 0 Å². The van der Waals surface area contributed by atoms with E-state index in [4.69, 9.17) is 0 Å². The molecule has 0 spiro atoms. The van der Waals surface area contributed by atoms with Crippen LogP contribution in [0.4, 0.5) is 0 Å².